The molecule has 0 bridgehead atoms. The van der Waals surface area contributed by atoms with Crippen molar-refractivity contribution >= 4 is 5.97 Å². The summed E-state index contributed by atoms with van der Waals surface area (Å²) in [6.07, 6.45) is -20.4. The van der Waals surface area contributed by atoms with Crippen LogP contribution in [-0.4, -0.2) is 41.8 Å². The smallest absolute Gasteiger partial charge is 0.426 e. The van der Waals surface area contributed by atoms with Gasteiger partial charge in [-0.15, -0.1) is 0 Å². The van der Waals surface area contributed by atoms with E-state index in [4.69, 9.17) is 5.11 Å². The van der Waals surface area contributed by atoms with E-state index in [9.17, 15) is 44.3 Å². The van der Waals surface area contributed by atoms with Crippen LogP contribution in [0.3, 0.4) is 0 Å². The summed E-state index contributed by atoms with van der Waals surface area (Å²) >= 11 is 0. The van der Waals surface area contributed by atoms with Crippen molar-refractivity contribution in [3.8, 4) is 0 Å². The van der Waals surface area contributed by atoms with E-state index in [1.54, 1.807) is 0 Å². The predicted octanol–water partition coefficient (Wildman–Crippen LogP) is 3.28. The average Bonchev–Trinajstić information content (AvgIpc) is 2.28. The molecule has 0 aromatic heterocycles. The second kappa shape index (κ2) is 6.34. The highest BCUT2D eigenvalue weighted by Crippen LogP contribution is 2.45. The van der Waals surface area contributed by atoms with Crippen LogP contribution in [0.4, 0.5) is 39.5 Å². The number of halogens is 9. The minimum Gasteiger partial charge on any atom is -0.462 e. The molecule has 0 fully saturated rings. The van der Waals surface area contributed by atoms with Crippen LogP contribution in [0, 0.1) is 0 Å². The van der Waals surface area contributed by atoms with Crippen molar-refractivity contribution in [1.82, 2.24) is 0 Å². The van der Waals surface area contributed by atoms with Crippen molar-refractivity contribution < 1.29 is 54.2 Å². The van der Waals surface area contributed by atoms with E-state index in [2.05, 4.69) is 11.3 Å². The monoisotopic (exact) mass is 348 g/mol. The number of hydrogen-bond acceptors (Lipinski definition) is 3. The van der Waals surface area contributed by atoms with Crippen molar-refractivity contribution in [2.45, 2.75) is 37.0 Å². The number of rotatable bonds is 5. The van der Waals surface area contributed by atoms with Gasteiger partial charge in [0.2, 0.25) is 0 Å². The Kier molecular flexibility index (Phi) is 5.92. The van der Waals surface area contributed by atoms with Gasteiger partial charge in [-0.05, 0) is 12.8 Å². The highest BCUT2D eigenvalue weighted by Gasteiger charge is 2.69. The van der Waals surface area contributed by atoms with E-state index in [1.165, 1.54) is 0 Å². The summed E-state index contributed by atoms with van der Waals surface area (Å²) in [5, 5.41) is 8.70. The van der Waals surface area contributed by atoms with Crippen LogP contribution in [0.25, 0.3) is 0 Å². The van der Waals surface area contributed by atoms with E-state index >= 15 is 0 Å². The molecule has 12 heteroatoms. The molecule has 22 heavy (non-hydrogen) atoms. The zero-order valence-electron chi connectivity index (χ0n) is 10.5. The van der Waals surface area contributed by atoms with Gasteiger partial charge in [-0.2, -0.15) is 39.5 Å². The first-order valence-electron chi connectivity index (χ1n) is 5.33. The second-order valence-corrected chi connectivity index (χ2v) is 4.07. The first kappa shape index (κ1) is 20.5. The third kappa shape index (κ3) is 4.78. The van der Waals surface area contributed by atoms with Crippen LogP contribution < -0.4 is 0 Å². The summed E-state index contributed by atoms with van der Waals surface area (Å²) in [6.45, 7) is 1.13. The van der Waals surface area contributed by atoms with Crippen molar-refractivity contribution in [1.29, 1.82) is 0 Å². The normalized spacial score (nSPS) is 13.9. The molecule has 0 spiro atoms. The number of carbonyl (C=O) groups excluding carboxylic acids is 1. The van der Waals surface area contributed by atoms with E-state index in [-0.39, 0.29) is 0 Å². The van der Waals surface area contributed by atoms with Gasteiger partial charge >= 0.3 is 24.5 Å². The fourth-order valence-electron chi connectivity index (χ4n) is 1.14. The Hall–Kier alpha value is -1.46. The maximum Gasteiger partial charge on any atom is 0.426 e. The Morgan fingerprint density at radius 3 is 1.68 bits per heavy atom. The molecule has 0 radical (unpaired) electrons. The lowest BCUT2D eigenvalue weighted by atomic mass is 9.96. The fourth-order valence-corrected chi connectivity index (χ4v) is 1.14. The van der Waals surface area contributed by atoms with Gasteiger partial charge in [-0.25, -0.2) is 4.79 Å². The van der Waals surface area contributed by atoms with Crippen LogP contribution in [0.1, 0.15) is 12.8 Å². The Bertz CT molecular complexity index is 405. The summed E-state index contributed by atoms with van der Waals surface area (Å²) in [5.41, 5.74) is -7.01. The fraction of sp³-hybridized carbons (Fsp3) is 0.700. The van der Waals surface area contributed by atoms with E-state index in [0.29, 0.717) is 0 Å². The molecule has 0 aliphatic heterocycles. The number of carbonyl (C=O) groups is 1. The number of hydrogen-bond donors (Lipinski definition) is 1. The minimum absolute atomic E-state index is 1.17. The summed E-state index contributed by atoms with van der Waals surface area (Å²) in [4.78, 5) is 10.8. The maximum absolute atomic E-state index is 12.2. The van der Waals surface area contributed by atoms with Crippen LogP contribution in [0.2, 0.25) is 0 Å². The topological polar surface area (TPSA) is 46.5 Å². The molecule has 0 saturated heterocycles. The molecular formula is C10H9F9O3. The number of alkyl halides is 9. The Balaban J connectivity index is 4.63. The molecule has 0 unspecified atom stereocenters. The molecular weight excluding hydrogens is 339 g/mol. The lowest BCUT2D eigenvalue weighted by Crippen LogP contribution is -2.56. The minimum atomic E-state index is -6.05. The van der Waals surface area contributed by atoms with Gasteiger partial charge in [0.05, 0.1) is 6.61 Å². The Morgan fingerprint density at radius 1 is 0.955 bits per heavy atom. The van der Waals surface area contributed by atoms with Gasteiger partial charge in [0.25, 0.3) is 5.60 Å². The Morgan fingerprint density at radius 2 is 1.36 bits per heavy atom. The first-order valence-corrected chi connectivity index (χ1v) is 5.33. The zero-order valence-corrected chi connectivity index (χ0v) is 10.5. The molecule has 0 saturated carbocycles. The molecule has 0 aromatic carbocycles. The predicted molar refractivity (Wildman–Crippen MR) is 52.4 cm³/mol. The molecule has 0 heterocycles. The first-order chi connectivity index (χ1) is 9.54. The molecule has 0 amide bonds. The molecule has 0 rings (SSSR count). The number of esters is 1. The Labute approximate surface area is 117 Å². The highest BCUT2D eigenvalue weighted by molar-refractivity contribution is 5.89. The molecule has 1 N–H and O–H groups in total. The third-order valence-corrected chi connectivity index (χ3v) is 2.44. The molecule has 0 aliphatic rings. The lowest BCUT2D eigenvalue weighted by molar-refractivity contribution is -0.370. The van der Waals surface area contributed by atoms with Crippen molar-refractivity contribution in [3.63, 3.8) is 0 Å². The average molecular weight is 348 g/mol. The highest BCUT2D eigenvalue weighted by atomic mass is 19.4. The van der Waals surface area contributed by atoms with E-state index in [1.807, 2.05) is 0 Å². The van der Waals surface area contributed by atoms with Crippen molar-refractivity contribution in [2.75, 3.05) is 6.61 Å². The molecule has 130 valence electrons. The van der Waals surface area contributed by atoms with Crippen LogP contribution in [0.5, 0.6) is 0 Å². The van der Waals surface area contributed by atoms with Crippen LogP contribution in [0.15, 0.2) is 12.2 Å². The van der Waals surface area contributed by atoms with Gasteiger partial charge in [-0.1, -0.05) is 6.58 Å². The molecule has 3 nitrogen and oxygen atoms in total. The largest absolute Gasteiger partial charge is 0.462 e. The SMILES string of the molecule is C=C(C(=O)OCCCC(O)(C(F)(F)F)C(F)(F)F)C(F)(F)F. The summed E-state index contributed by atoms with van der Waals surface area (Å²) in [5.74, 6) is -2.03. The van der Waals surface area contributed by atoms with Crippen molar-refractivity contribution in [2.24, 2.45) is 0 Å². The summed E-state index contributed by atoms with van der Waals surface area (Å²) < 4.78 is 113. The van der Waals surface area contributed by atoms with Crippen molar-refractivity contribution in [3.05, 3.63) is 12.2 Å². The third-order valence-electron chi connectivity index (χ3n) is 2.44. The summed E-state index contributed by atoms with van der Waals surface area (Å²) in [6, 6.07) is 0. The van der Waals surface area contributed by atoms with Crippen LogP contribution >= 0.6 is 0 Å². The quantitative estimate of drug-likeness (QED) is 0.359. The van der Waals surface area contributed by atoms with Gasteiger partial charge < -0.3 is 9.84 Å². The second-order valence-electron chi connectivity index (χ2n) is 4.07. The van der Waals surface area contributed by atoms with Gasteiger partial charge in [-0.3, -0.25) is 0 Å². The molecule has 0 aliphatic carbocycles. The van der Waals surface area contributed by atoms with Crippen LogP contribution in [-0.2, 0) is 9.53 Å². The van der Waals surface area contributed by atoms with Gasteiger partial charge in [0.15, 0.2) is 0 Å². The van der Waals surface area contributed by atoms with E-state index in [0.717, 1.165) is 0 Å². The molecule has 0 aromatic rings. The zero-order chi connectivity index (χ0) is 18.0. The van der Waals surface area contributed by atoms with Gasteiger partial charge in [0, 0.05) is 0 Å². The summed E-state index contributed by atoms with van der Waals surface area (Å²) in [7, 11) is 0. The van der Waals surface area contributed by atoms with E-state index < -0.39 is 55.1 Å². The number of aliphatic hydroxyl groups is 1. The molecule has 0 atom stereocenters. The maximum atomic E-state index is 12.2. The lowest BCUT2D eigenvalue weighted by Gasteiger charge is -2.32. The number of ether oxygens (including phenoxy) is 1. The standard InChI is InChI=1S/C10H9F9O3/c1-5(8(11,12)13)6(20)22-4-2-3-7(21,9(14,15)16)10(17,18)19/h21H,1-4H2. The van der Waals surface area contributed by atoms with Gasteiger partial charge in [0.1, 0.15) is 5.57 Å².